The summed E-state index contributed by atoms with van der Waals surface area (Å²) in [7, 11) is -12.2. The Bertz CT molecular complexity index is 1870. The summed E-state index contributed by atoms with van der Waals surface area (Å²) in [4.78, 5) is 51.3. The van der Waals surface area contributed by atoms with Crippen LogP contribution in [0.4, 0.5) is 0 Å². The second kappa shape index (κ2) is 31.3. The molecule has 5 rings (SSSR count). The van der Waals surface area contributed by atoms with Crippen molar-refractivity contribution < 1.29 is 54.6 Å². The average molecular weight is 1060 g/mol. The maximum atomic E-state index is 12.8. The van der Waals surface area contributed by atoms with Gasteiger partial charge >= 0.3 is 58.1 Å². The van der Waals surface area contributed by atoms with Gasteiger partial charge < -0.3 is 35.4 Å². The summed E-state index contributed by atoms with van der Waals surface area (Å²) in [5, 5.41) is 0. The van der Waals surface area contributed by atoms with Crippen molar-refractivity contribution in [2.45, 2.75) is 153 Å². The highest BCUT2D eigenvalue weighted by Crippen LogP contribution is 2.39. The van der Waals surface area contributed by atoms with E-state index in [2.05, 4.69) is 26.2 Å². The van der Waals surface area contributed by atoms with Gasteiger partial charge in [0.1, 0.15) is 0 Å². The largest absolute Gasteiger partial charge is 0.465 e. The van der Waals surface area contributed by atoms with Crippen molar-refractivity contribution in [3.63, 3.8) is 0 Å². The van der Waals surface area contributed by atoms with E-state index in [4.69, 9.17) is 35.4 Å². The molecular formula is C56H80O12Si4. The Kier molecular flexibility index (Phi) is 25.3. The van der Waals surface area contributed by atoms with E-state index in [0.29, 0.717) is 153 Å². The fourth-order valence-electron chi connectivity index (χ4n) is 9.18. The molecule has 0 unspecified atom stereocenters. The molecule has 0 saturated carbocycles. The van der Waals surface area contributed by atoms with E-state index in [9.17, 15) is 19.2 Å². The Hall–Kier alpha value is -4.53. The lowest BCUT2D eigenvalue weighted by atomic mass is 10.2. The third-order valence-electron chi connectivity index (χ3n) is 12.8. The molecule has 0 N–H and O–H groups in total. The number of esters is 4. The van der Waals surface area contributed by atoms with Gasteiger partial charge in [0.15, 0.2) is 0 Å². The summed E-state index contributed by atoms with van der Waals surface area (Å²) in [6.45, 7) is 9.77. The van der Waals surface area contributed by atoms with Gasteiger partial charge in [0.05, 0.1) is 26.4 Å². The smallest absolute Gasteiger partial charge is 0.317 e. The minimum Gasteiger partial charge on any atom is -0.465 e. The van der Waals surface area contributed by atoms with E-state index in [0.717, 1.165) is 22.3 Å². The number of hydrogen-bond donors (Lipinski definition) is 0. The van der Waals surface area contributed by atoms with Crippen LogP contribution in [-0.4, -0.2) is 84.5 Å². The van der Waals surface area contributed by atoms with Crippen LogP contribution in [0.15, 0.2) is 121 Å². The molecule has 0 atom stereocenters. The first-order valence-electron chi connectivity index (χ1n) is 26.3. The zero-order valence-electron chi connectivity index (χ0n) is 43.4. The molecule has 12 nitrogen and oxygen atoms in total. The normalized spacial score (nSPS) is 20.9. The molecule has 1 saturated heterocycles. The van der Waals surface area contributed by atoms with Crippen LogP contribution in [0.25, 0.3) is 0 Å². The summed E-state index contributed by atoms with van der Waals surface area (Å²) in [6, 6.07) is 42.5. The van der Waals surface area contributed by atoms with Gasteiger partial charge in [-0.05, 0) is 98.3 Å². The second-order valence-electron chi connectivity index (χ2n) is 19.6. The molecule has 0 radical (unpaired) electrons. The maximum absolute atomic E-state index is 12.8. The van der Waals surface area contributed by atoms with Gasteiger partial charge in [0.25, 0.3) is 0 Å². The maximum Gasteiger partial charge on any atom is 0.317 e. The zero-order valence-corrected chi connectivity index (χ0v) is 47.4. The lowest BCUT2D eigenvalue weighted by molar-refractivity contribution is -0.144. The lowest BCUT2D eigenvalue weighted by Crippen LogP contribution is -2.67. The number of carbonyl (C=O) groups excluding carboxylic acids is 4. The highest BCUT2D eigenvalue weighted by molar-refractivity contribution is 6.93. The molecule has 0 aliphatic carbocycles. The van der Waals surface area contributed by atoms with Crippen LogP contribution in [0.5, 0.6) is 0 Å². The molecule has 4 aromatic carbocycles. The zero-order chi connectivity index (χ0) is 51.4. The van der Waals surface area contributed by atoms with E-state index in [1.807, 2.05) is 121 Å². The van der Waals surface area contributed by atoms with Gasteiger partial charge in [0.2, 0.25) is 0 Å². The van der Waals surface area contributed by atoms with Crippen molar-refractivity contribution in [3.8, 4) is 0 Å². The summed E-state index contributed by atoms with van der Waals surface area (Å²) in [5.41, 5.74) is 4.49. The highest BCUT2D eigenvalue weighted by atomic mass is 28.5. The molecular weight excluding hydrogens is 977 g/mol. The Labute approximate surface area is 433 Å². The van der Waals surface area contributed by atoms with Gasteiger partial charge in [-0.15, -0.1) is 0 Å². The summed E-state index contributed by atoms with van der Waals surface area (Å²) in [6.07, 6.45) is 9.14. The molecule has 4 aromatic rings. The van der Waals surface area contributed by atoms with Crippen molar-refractivity contribution in [2.24, 2.45) is 0 Å². The minimum absolute atomic E-state index is 0.221. The van der Waals surface area contributed by atoms with E-state index in [1.54, 1.807) is 0 Å². The second-order valence-corrected chi connectivity index (χ2v) is 33.9. The van der Waals surface area contributed by atoms with E-state index in [-0.39, 0.29) is 23.9 Å². The number of ether oxygens (including phenoxy) is 4. The number of benzene rings is 4. The van der Waals surface area contributed by atoms with E-state index < -0.39 is 34.2 Å². The number of carbonyl (C=O) groups is 4. The molecule has 0 bridgehead atoms. The Morgan fingerprint density at radius 1 is 0.319 bits per heavy atom. The van der Waals surface area contributed by atoms with Gasteiger partial charge in [-0.1, -0.05) is 147 Å². The third-order valence-corrected chi connectivity index (χ3v) is 31.6. The fourth-order valence-corrected chi connectivity index (χ4v) is 32.8. The molecule has 1 fully saturated rings. The standard InChI is InChI=1S/C56H80O12Si4/c1-69(45-21-17-33-53(57)61-41-37-49-25-9-5-10-26-49)65-70(2,46-22-18-34-54(58)62-42-38-50-27-11-6-12-28-50)67-72(4,48-24-20-36-56(60)64-44-40-52-31-15-8-16-32-52)68-71(3,66-69)47-23-19-35-55(59)63-43-39-51-29-13-7-14-30-51/h5-16,25-32H,17-24,33-48H2,1-4H3. The lowest BCUT2D eigenvalue weighted by Gasteiger charge is -2.50. The molecule has 1 aliphatic rings. The summed E-state index contributed by atoms with van der Waals surface area (Å²) >= 11 is 0. The van der Waals surface area contributed by atoms with Crippen LogP contribution >= 0.6 is 0 Å². The number of rotatable bonds is 32. The van der Waals surface area contributed by atoms with Crippen LogP contribution in [0.1, 0.15) is 99.3 Å². The summed E-state index contributed by atoms with van der Waals surface area (Å²) < 4.78 is 52.0. The predicted octanol–water partition coefficient (Wildman–Crippen LogP) is 12.2. The SMILES string of the molecule is C[Si]1(CCCCC(=O)OCCc2ccccc2)O[Si](C)(CCCCC(=O)OCCc2ccccc2)O[Si](C)(CCCCC(=O)OCCc2ccccc2)O[Si](C)(CCCCC(=O)OCCc2ccccc2)O1. The molecule has 0 aromatic heterocycles. The van der Waals surface area contributed by atoms with Gasteiger partial charge in [-0.25, -0.2) is 0 Å². The highest BCUT2D eigenvalue weighted by Gasteiger charge is 2.56. The molecule has 72 heavy (non-hydrogen) atoms. The van der Waals surface area contributed by atoms with Crippen LogP contribution < -0.4 is 0 Å². The van der Waals surface area contributed by atoms with E-state index in [1.165, 1.54) is 0 Å². The third kappa shape index (κ3) is 23.6. The molecule has 392 valence electrons. The van der Waals surface area contributed by atoms with Crippen LogP contribution in [0.2, 0.25) is 50.4 Å². The first-order valence-corrected chi connectivity index (χ1v) is 36.4. The fraction of sp³-hybridized carbons (Fsp3) is 0.500. The van der Waals surface area contributed by atoms with Crippen LogP contribution in [0, 0.1) is 0 Å². The van der Waals surface area contributed by atoms with Crippen molar-refractivity contribution in [2.75, 3.05) is 26.4 Å². The quantitative estimate of drug-likeness (QED) is 0.0199. The van der Waals surface area contributed by atoms with Crippen molar-refractivity contribution in [3.05, 3.63) is 144 Å². The van der Waals surface area contributed by atoms with Crippen LogP contribution in [0.3, 0.4) is 0 Å². The molecule has 16 heteroatoms. The monoisotopic (exact) mass is 1060 g/mol. The molecule has 0 amide bonds. The number of hydrogen-bond acceptors (Lipinski definition) is 12. The first kappa shape index (κ1) is 58.4. The molecule has 1 heterocycles. The Morgan fingerprint density at radius 3 is 0.708 bits per heavy atom. The Morgan fingerprint density at radius 2 is 0.514 bits per heavy atom. The molecule has 0 spiro atoms. The van der Waals surface area contributed by atoms with Gasteiger partial charge in [0, 0.05) is 51.4 Å². The number of unbranched alkanes of at least 4 members (excludes halogenated alkanes) is 4. The van der Waals surface area contributed by atoms with Gasteiger partial charge in [-0.2, -0.15) is 0 Å². The van der Waals surface area contributed by atoms with Gasteiger partial charge in [-0.3, -0.25) is 19.2 Å². The minimum atomic E-state index is -3.05. The first-order chi connectivity index (χ1) is 34.7. The van der Waals surface area contributed by atoms with Crippen molar-refractivity contribution in [1.82, 2.24) is 0 Å². The molecule has 1 aliphatic heterocycles. The topological polar surface area (TPSA) is 142 Å². The van der Waals surface area contributed by atoms with E-state index >= 15 is 0 Å². The predicted molar refractivity (Wildman–Crippen MR) is 290 cm³/mol. The van der Waals surface area contributed by atoms with Crippen molar-refractivity contribution >= 4 is 58.1 Å². The van der Waals surface area contributed by atoms with Crippen LogP contribution in [-0.2, 0) is 80.3 Å². The van der Waals surface area contributed by atoms with Crippen molar-refractivity contribution in [1.29, 1.82) is 0 Å². The summed E-state index contributed by atoms with van der Waals surface area (Å²) in [5.74, 6) is -0.882. The Balaban J connectivity index is 1.23. The average Bonchev–Trinajstić information content (AvgIpc) is 3.35.